The molecule has 1 aromatic rings. The Labute approximate surface area is 80.1 Å². The van der Waals surface area contributed by atoms with Crippen LogP contribution in [0.5, 0.6) is 0 Å². The molecule has 0 atom stereocenters. The molecule has 0 fully saturated rings. The molecule has 0 unspecified atom stereocenters. The fraction of sp³-hybridized carbons (Fsp3) is 0.375. The lowest BCUT2D eigenvalue weighted by atomic mass is 10.4. The topological polar surface area (TPSA) is 26.3 Å². The lowest BCUT2D eigenvalue weighted by Crippen LogP contribution is -2.01. The third kappa shape index (κ3) is 2.22. The SMILES string of the molecule is CCOC(=O)c1ccc(CCl)s1. The quantitative estimate of drug-likeness (QED) is 0.559. The van der Waals surface area contributed by atoms with Crippen molar-refractivity contribution in [1.82, 2.24) is 0 Å². The molecule has 0 aromatic carbocycles. The van der Waals surface area contributed by atoms with E-state index in [4.69, 9.17) is 16.3 Å². The van der Waals surface area contributed by atoms with Gasteiger partial charge < -0.3 is 4.74 Å². The van der Waals surface area contributed by atoms with E-state index in [1.54, 1.807) is 13.0 Å². The summed E-state index contributed by atoms with van der Waals surface area (Å²) in [5.41, 5.74) is 0. The largest absolute Gasteiger partial charge is 0.462 e. The second-order valence-electron chi connectivity index (χ2n) is 2.12. The average molecular weight is 205 g/mol. The fourth-order valence-electron chi connectivity index (χ4n) is 0.762. The molecule has 0 N–H and O–H groups in total. The van der Waals surface area contributed by atoms with Gasteiger partial charge in [-0.25, -0.2) is 4.79 Å². The van der Waals surface area contributed by atoms with E-state index >= 15 is 0 Å². The first-order valence-corrected chi connectivity index (χ1v) is 4.94. The van der Waals surface area contributed by atoms with Crippen LogP contribution in [0.2, 0.25) is 0 Å². The van der Waals surface area contributed by atoms with Gasteiger partial charge in [-0.05, 0) is 19.1 Å². The predicted molar refractivity (Wildman–Crippen MR) is 49.8 cm³/mol. The molecule has 66 valence electrons. The second kappa shape index (κ2) is 4.48. The monoisotopic (exact) mass is 204 g/mol. The number of rotatable bonds is 3. The Bertz CT molecular complexity index is 270. The van der Waals surface area contributed by atoms with E-state index in [9.17, 15) is 4.79 Å². The van der Waals surface area contributed by atoms with Crippen molar-refractivity contribution in [3.8, 4) is 0 Å². The highest BCUT2D eigenvalue weighted by Gasteiger charge is 2.08. The first-order valence-electron chi connectivity index (χ1n) is 3.59. The summed E-state index contributed by atoms with van der Waals surface area (Å²) in [5.74, 6) is 0.184. The molecule has 0 aliphatic rings. The first kappa shape index (κ1) is 9.55. The van der Waals surface area contributed by atoms with Crippen molar-refractivity contribution in [2.24, 2.45) is 0 Å². The van der Waals surface area contributed by atoms with Gasteiger partial charge in [0.05, 0.1) is 12.5 Å². The number of hydrogen-bond donors (Lipinski definition) is 0. The van der Waals surface area contributed by atoms with E-state index in [0.29, 0.717) is 17.4 Å². The molecule has 0 aliphatic carbocycles. The van der Waals surface area contributed by atoms with Crippen LogP contribution in [0.25, 0.3) is 0 Å². The Morgan fingerprint density at radius 3 is 2.92 bits per heavy atom. The average Bonchev–Trinajstić information content (AvgIpc) is 2.52. The number of hydrogen-bond acceptors (Lipinski definition) is 3. The van der Waals surface area contributed by atoms with Gasteiger partial charge in [0, 0.05) is 4.88 Å². The maximum absolute atomic E-state index is 11.1. The third-order valence-electron chi connectivity index (χ3n) is 1.27. The van der Waals surface area contributed by atoms with E-state index in [2.05, 4.69) is 0 Å². The van der Waals surface area contributed by atoms with Crippen LogP contribution in [0.3, 0.4) is 0 Å². The zero-order valence-corrected chi connectivity index (χ0v) is 8.24. The van der Waals surface area contributed by atoms with Gasteiger partial charge in [0.1, 0.15) is 4.88 Å². The molecule has 1 heterocycles. The molecule has 0 spiro atoms. The third-order valence-corrected chi connectivity index (χ3v) is 2.78. The van der Waals surface area contributed by atoms with E-state index in [1.807, 2.05) is 6.07 Å². The van der Waals surface area contributed by atoms with E-state index < -0.39 is 0 Å². The number of carbonyl (C=O) groups is 1. The Hall–Kier alpha value is -0.540. The molecule has 0 saturated carbocycles. The number of esters is 1. The Balaban J connectivity index is 2.68. The summed E-state index contributed by atoms with van der Waals surface area (Å²) < 4.78 is 4.81. The minimum Gasteiger partial charge on any atom is -0.462 e. The van der Waals surface area contributed by atoms with Crippen LogP contribution < -0.4 is 0 Å². The van der Waals surface area contributed by atoms with E-state index in [1.165, 1.54) is 11.3 Å². The fourth-order valence-corrected chi connectivity index (χ4v) is 1.77. The first-order chi connectivity index (χ1) is 5.77. The maximum atomic E-state index is 11.1. The number of thiophene rings is 1. The van der Waals surface area contributed by atoms with Crippen LogP contribution in [-0.2, 0) is 10.6 Å². The maximum Gasteiger partial charge on any atom is 0.348 e. The molecule has 0 saturated heterocycles. The molecular formula is C8H9ClO2S. The van der Waals surface area contributed by atoms with Crippen LogP contribution in [0, 0.1) is 0 Å². The van der Waals surface area contributed by atoms with Crippen LogP contribution in [-0.4, -0.2) is 12.6 Å². The summed E-state index contributed by atoms with van der Waals surface area (Å²) in [6.07, 6.45) is 0. The lowest BCUT2D eigenvalue weighted by Gasteiger charge is -1.96. The van der Waals surface area contributed by atoms with Gasteiger partial charge in [-0.3, -0.25) is 0 Å². The standard InChI is InChI=1S/C8H9ClO2S/c1-2-11-8(10)7-4-3-6(5-9)12-7/h3-4H,2,5H2,1H3. The van der Waals surface area contributed by atoms with Crippen LogP contribution >= 0.6 is 22.9 Å². The van der Waals surface area contributed by atoms with E-state index in [0.717, 1.165) is 4.88 Å². The summed E-state index contributed by atoms with van der Waals surface area (Å²) >= 11 is 6.95. The molecule has 1 aromatic heterocycles. The Morgan fingerprint density at radius 2 is 2.42 bits per heavy atom. The van der Waals surface area contributed by atoms with Crippen LogP contribution in [0.15, 0.2) is 12.1 Å². The van der Waals surface area contributed by atoms with Crippen molar-refractivity contribution in [1.29, 1.82) is 0 Å². The van der Waals surface area contributed by atoms with Gasteiger partial charge in [-0.15, -0.1) is 22.9 Å². The lowest BCUT2D eigenvalue weighted by molar-refractivity contribution is 0.0532. The predicted octanol–water partition coefficient (Wildman–Crippen LogP) is 2.66. The number of alkyl halides is 1. The molecule has 1 rings (SSSR count). The highest BCUT2D eigenvalue weighted by atomic mass is 35.5. The summed E-state index contributed by atoms with van der Waals surface area (Å²) in [7, 11) is 0. The molecule has 0 radical (unpaired) electrons. The Morgan fingerprint density at radius 1 is 1.67 bits per heavy atom. The van der Waals surface area contributed by atoms with Gasteiger partial charge in [0.25, 0.3) is 0 Å². The van der Waals surface area contributed by atoms with Gasteiger partial charge in [0.15, 0.2) is 0 Å². The highest BCUT2D eigenvalue weighted by Crippen LogP contribution is 2.18. The molecular weight excluding hydrogens is 196 g/mol. The van der Waals surface area contributed by atoms with Crippen molar-refractivity contribution in [2.45, 2.75) is 12.8 Å². The highest BCUT2D eigenvalue weighted by molar-refractivity contribution is 7.14. The zero-order chi connectivity index (χ0) is 8.97. The van der Waals surface area contributed by atoms with Gasteiger partial charge in [0.2, 0.25) is 0 Å². The molecule has 12 heavy (non-hydrogen) atoms. The van der Waals surface area contributed by atoms with Crippen molar-refractivity contribution in [3.05, 3.63) is 21.9 Å². The molecule has 2 nitrogen and oxygen atoms in total. The zero-order valence-electron chi connectivity index (χ0n) is 6.67. The van der Waals surface area contributed by atoms with E-state index in [-0.39, 0.29) is 5.97 Å². The number of halogens is 1. The molecule has 0 amide bonds. The molecule has 4 heteroatoms. The molecule has 0 bridgehead atoms. The van der Waals surface area contributed by atoms with Gasteiger partial charge >= 0.3 is 5.97 Å². The normalized spacial score (nSPS) is 9.83. The van der Waals surface area contributed by atoms with Crippen molar-refractivity contribution >= 4 is 28.9 Å². The van der Waals surface area contributed by atoms with Crippen LogP contribution in [0.4, 0.5) is 0 Å². The minimum atomic E-state index is -0.265. The second-order valence-corrected chi connectivity index (χ2v) is 3.56. The van der Waals surface area contributed by atoms with Crippen molar-refractivity contribution < 1.29 is 9.53 Å². The summed E-state index contributed by atoms with van der Waals surface area (Å²) in [6.45, 7) is 2.20. The number of carbonyl (C=O) groups excluding carboxylic acids is 1. The van der Waals surface area contributed by atoms with Crippen molar-refractivity contribution in [3.63, 3.8) is 0 Å². The van der Waals surface area contributed by atoms with Crippen LogP contribution in [0.1, 0.15) is 21.5 Å². The summed E-state index contributed by atoms with van der Waals surface area (Å²) in [4.78, 5) is 12.7. The molecule has 0 aliphatic heterocycles. The minimum absolute atomic E-state index is 0.265. The van der Waals surface area contributed by atoms with Crippen molar-refractivity contribution in [2.75, 3.05) is 6.61 Å². The van der Waals surface area contributed by atoms with Gasteiger partial charge in [-0.2, -0.15) is 0 Å². The van der Waals surface area contributed by atoms with Gasteiger partial charge in [-0.1, -0.05) is 0 Å². The summed E-state index contributed by atoms with van der Waals surface area (Å²) in [5, 5.41) is 0. The Kier molecular flexibility index (Phi) is 3.56. The smallest absolute Gasteiger partial charge is 0.348 e. The number of ether oxygens (including phenoxy) is 1. The summed E-state index contributed by atoms with van der Waals surface area (Å²) in [6, 6.07) is 3.57.